The van der Waals surface area contributed by atoms with Crippen molar-refractivity contribution in [2.45, 2.75) is 58.5 Å². The normalized spacial score (nSPS) is 14.2. The highest BCUT2D eigenvalue weighted by Gasteiger charge is 2.21. The Kier molecular flexibility index (Phi) is 10.7. The van der Waals surface area contributed by atoms with Gasteiger partial charge in [-0.15, -0.1) is 0 Å². The van der Waals surface area contributed by atoms with Gasteiger partial charge >= 0.3 is 11.9 Å². The van der Waals surface area contributed by atoms with Crippen LogP contribution in [0.2, 0.25) is 0 Å². The topological polar surface area (TPSA) is 83.8 Å². The second-order valence-corrected chi connectivity index (χ2v) is 4.98. The number of esters is 1. The van der Waals surface area contributed by atoms with E-state index in [9.17, 15) is 9.59 Å². The number of carbonyl (C=O) groups is 2. The molecule has 2 N–H and O–H groups in total. The standard InChI is InChI=1S/C15H26O5/c1-3-4-5-6-7-8-9-13(15(18)19)10-14(17)20-11-12(2)16/h3-4,12-13,16H,5-11H2,1-2H3,(H,18,19)/b4-3+. The van der Waals surface area contributed by atoms with Crippen LogP contribution in [0.15, 0.2) is 12.2 Å². The molecule has 0 aromatic carbocycles. The summed E-state index contributed by atoms with van der Waals surface area (Å²) < 4.78 is 4.78. The highest BCUT2D eigenvalue weighted by Crippen LogP contribution is 2.16. The van der Waals surface area contributed by atoms with E-state index >= 15 is 0 Å². The highest BCUT2D eigenvalue weighted by atomic mass is 16.5. The van der Waals surface area contributed by atoms with Gasteiger partial charge in [-0.05, 0) is 33.1 Å². The highest BCUT2D eigenvalue weighted by molar-refractivity contribution is 5.78. The Morgan fingerprint density at radius 1 is 1.25 bits per heavy atom. The van der Waals surface area contributed by atoms with Gasteiger partial charge in [0.1, 0.15) is 6.61 Å². The van der Waals surface area contributed by atoms with Crippen LogP contribution in [0.4, 0.5) is 0 Å². The number of ether oxygens (including phenoxy) is 1. The van der Waals surface area contributed by atoms with Crippen molar-refractivity contribution in [3.63, 3.8) is 0 Å². The van der Waals surface area contributed by atoms with E-state index in [-0.39, 0.29) is 13.0 Å². The first-order valence-electron chi connectivity index (χ1n) is 7.15. The lowest BCUT2D eigenvalue weighted by atomic mass is 9.97. The number of carboxylic acids is 1. The van der Waals surface area contributed by atoms with Crippen molar-refractivity contribution in [1.29, 1.82) is 0 Å². The van der Waals surface area contributed by atoms with E-state index in [1.807, 2.05) is 13.0 Å². The minimum absolute atomic E-state index is 0.0888. The number of hydrogen-bond acceptors (Lipinski definition) is 4. The van der Waals surface area contributed by atoms with Crippen molar-refractivity contribution in [2.75, 3.05) is 6.61 Å². The first-order chi connectivity index (χ1) is 9.47. The summed E-state index contributed by atoms with van der Waals surface area (Å²) in [4.78, 5) is 22.5. The van der Waals surface area contributed by atoms with Gasteiger partial charge in [0.05, 0.1) is 18.4 Å². The molecule has 0 aliphatic carbocycles. The molecule has 116 valence electrons. The van der Waals surface area contributed by atoms with Crippen molar-refractivity contribution in [1.82, 2.24) is 0 Å². The molecule has 0 saturated carbocycles. The molecule has 0 heterocycles. The molecule has 5 heteroatoms. The summed E-state index contributed by atoms with van der Waals surface area (Å²) in [6, 6.07) is 0. The fourth-order valence-electron chi connectivity index (χ4n) is 1.78. The molecule has 0 spiro atoms. The number of rotatable bonds is 11. The summed E-state index contributed by atoms with van der Waals surface area (Å²) in [5.41, 5.74) is 0. The van der Waals surface area contributed by atoms with Gasteiger partial charge in [0.25, 0.3) is 0 Å². The Labute approximate surface area is 120 Å². The fourth-order valence-corrected chi connectivity index (χ4v) is 1.78. The first kappa shape index (κ1) is 18.6. The fraction of sp³-hybridized carbons (Fsp3) is 0.733. The molecule has 0 rings (SSSR count). The number of aliphatic carboxylic acids is 1. The second-order valence-electron chi connectivity index (χ2n) is 4.98. The van der Waals surface area contributed by atoms with Crippen LogP contribution in [0.3, 0.4) is 0 Å². The molecule has 0 aliphatic rings. The third kappa shape index (κ3) is 10.6. The lowest BCUT2D eigenvalue weighted by molar-refractivity contribution is -0.153. The van der Waals surface area contributed by atoms with Crippen LogP contribution in [0, 0.1) is 5.92 Å². The molecule has 0 amide bonds. The molecule has 0 radical (unpaired) electrons. The molecule has 0 bridgehead atoms. The zero-order valence-corrected chi connectivity index (χ0v) is 12.4. The number of aliphatic hydroxyl groups excluding tert-OH is 1. The number of carbonyl (C=O) groups excluding carboxylic acids is 1. The van der Waals surface area contributed by atoms with Crippen molar-refractivity contribution in [3.05, 3.63) is 12.2 Å². The van der Waals surface area contributed by atoms with Crippen LogP contribution in [-0.4, -0.2) is 34.9 Å². The molecule has 2 atom stereocenters. The monoisotopic (exact) mass is 286 g/mol. The Morgan fingerprint density at radius 2 is 1.95 bits per heavy atom. The van der Waals surface area contributed by atoms with E-state index in [4.69, 9.17) is 14.9 Å². The van der Waals surface area contributed by atoms with Gasteiger partial charge in [-0.2, -0.15) is 0 Å². The SMILES string of the molecule is C/C=C/CCCCCC(CC(=O)OCC(C)O)C(=O)O. The van der Waals surface area contributed by atoms with E-state index in [2.05, 4.69) is 6.08 Å². The van der Waals surface area contributed by atoms with Crippen molar-refractivity contribution < 1.29 is 24.5 Å². The first-order valence-corrected chi connectivity index (χ1v) is 7.15. The van der Waals surface area contributed by atoms with Gasteiger partial charge < -0.3 is 14.9 Å². The molecule has 0 aliphatic heterocycles. The average molecular weight is 286 g/mol. The van der Waals surface area contributed by atoms with Crippen LogP contribution in [0.5, 0.6) is 0 Å². The maximum Gasteiger partial charge on any atom is 0.307 e. The Hall–Kier alpha value is -1.36. The van der Waals surface area contributed by atoms with Gasteiger partial charge in [-0.3, -0.25) is 9.59 Å². The van der Waals surface area contributed by atoms with E-state index in [1.165, 1.54) is 6.92 Å². The molecule has 0 aromatic rings. The molecule has 2 unspecified atom stereocenters. The molecular formula is C15H26O5. The quantitative estimate of drug-likeness (QED) is 0.346. The summed E-state index contributed by atoms with van der Waals surface area (Å²) in [5, 5.41) is 18.1. The van der Waals surface area contributed by atoms with Crippen LogP contribution in [0.25, 0.3) is 0 Å². The van der Waals surface area contributed by atoms with Crippen LogP contribution < -0.4 is 0 Å². The van der Waals surface area contributed by atoms with E-state index in [1.54, 1.807) is 0 Å². The predicted molar refractivity (Wildman–Crippen MR) is 76.3 cm³/mol. The molecule has 0 saturated heterocycles. The zero-order chi connectivity index (χ0) is 15.4. The van der Waals surface area contributed by atoms with Crippen molar-refractivity contribution in [2.24, 2.45) is 5.92 Å². The Balaban J connectivity index is 3.92. The van der Waals surface area contributed by atoms with Crippen LogP contribution in [-0.2, 0) is 14.3 Å². The van der Waals surface area contributed by atoms with E-state index in [0.29, 0.717) is 6.42 Å². The smallest absolute Gasteiger partial charge is 0.307 e. The maximum atomic E-state index is 11.4. The van der Waals surface area contributed by atoms with E-state index < -0.39 is 24.0 Å². The summed E-state index contributed by atoms with van der Waals surface area (Å²) in [6.45, 7) is 3.39. The minimum atomic E-state index is -0.965. The van der Waals surface area contributed by atoms with Gasteiger partial charge in [0.15, 0.2) is 0 Å². The summed E-state index contributed by atoms with van der Waals surface area (Å²) in [5.74, 6) is -2.22. The molecule has 20 heavy (non-hydrogen) atoms. The van der Waals surface area contributed by atoms with Crippen molar-refractivity contribution >= 4 is 11.9 Å². The lowest BCUT2D eigenvalue weighted by Crippen LogP contribution is -2.22. The average Bonchev–Trinajstić information content (AvgIpc) is 2.38. The second kappa shape index (κ2) is 11.5. The zero-order valence-electron chi connectivity index (χ0n) is 12.4. The Morgan fingerprint density at radius 3 is 2.50 bits per heavy atom. The third-order valence-corrected chi connectivity index (χ3v) is 2.91. The number of hydrogen-bond donors (Lipinski definition) is 2. The molecule has 0 fully saturated rings. The van der Waals surface area contributed by atoms with Gasteiger partial charge in [0, 0.05) is 0 Å². The van der Waals surface area contributed by atoms with Crippen molar-refractivity contribution in [3.8, 4) is 0 Å². The number of carboxylic acid groups (broad SMARTS) is 1. The van der Waals surface area contributed by atoms with Gasteiger partial charge in [-0.1, -0.05) is 25.0 Å². The minimum Gasteiger partial charge on any atom is -0.481 e. The van der Waals surface area contributed by atoms with Crippen LogP contribution in [0.1, 0.15) is 52.4 Å². The van der Waals surface area contributed by atoms with Gasteiger partial charge in [0.2, 0.25) is 0 Å². The maximum absolute atomic E-state index is 11.4. The van der Waals surface area contributed by atoms with E-state index in [0.717, 1.165) is 25.7 Å². The number of aliphatic hydroxyl groups is 1. The molecular weight excluding hydrogens is 260 g/mol. The largest absolute Gasteiger partial charge is 0.481 e. The number of unbranched alkanes of at least 4 members (excludes halogenated alkanes) is 3. The summed E-state index contributed by atoms with van der Waals surface area (Å²) >= 11 is 0. The molecule has 0 aromatic heterocycles. The van der Waals surface area contributed by atoms with Crippen LogP contribution >= 0.6 is 0 Å². The summed E-state index contributed by atoms with van der Waals surface area (Å²) in [7, 11) is 0. The Bertz CT molecular complexity index is 309. The predicted octanol–water partition coefficient (Wildman–Crippen LogP) is 2.53. The molecule has 5 nitrogen and oxygen atoms in total. The van der Waals surface area contributed by atoms with Gasteiger partial charge in [-0.25, -0.2) is 0 Å². The lowest BCUT2D eigenvalue weighted by Gasteiger charge is -2.12. The summed E-state index contributed by atoms with van der Waals surface area (Å²) in [6.07, 6.45) is 7.49. The number of allylic oxidation sites excluding steroid dienone is 2. The third-order valence-electron chi connectivity index (χ3n) is 2.91.